The highest BCUT2D eigenvalue weighted by Crippen LogP contribution is 2.11. The van der Waals surface area contributed by atoms with Crippen molar-refractivity contribution < 1.29 is 4.74 Å². The number of benzene rings is 1. The standard InChI is InChI=1S/C11H11N3O4/c1-18-8-4-2-7(3-5-8)6-14-10(16)12-9(15)13-11(14)17/h2-5H,6H2,1H3,(H2,12,13,15,16,17). The number of nitrogens with one attached hydrogen (secondary N) is 2. The maximum Gasteiger partial charge on any atom is 0.333 e. The number of aromatic amines is 2. The Hall–Kier alpha value is -2.57. The van der Waals surface area contributed by atoms with E-state index in [2.05, 4.69) is 0 Å². The lowest BCUT2D eigenvalue weighted by Crippen LogP contribution is -2.43. The number of hydrogen-bond donors (Lipinski definition) is 2. The number of H-pyrrole nitrogens is 2. The molecule has 7 nitrogen and oxygen atoms in total. The zero-order chi connectivity index (χ0) is 13.1. The van der Waals surface area contributed by atoms with E-state index in [4.69, 9.17) is 4.74 Å². The van der Waals surface area contributed by atoms with Gasteiger partial charge in [-0.1, -0.05) is 12.1 Å². The third-order valence-corrected chi connectivity index (χ3v) is 2.43. The van der Waals surface area contributed by atoms with Crippen LogP contribution >= 0.6 is 0 Å². The van der Waals surface area contributed by atoms with Crippen molar-refractivity contribution in [3.8, 4) is 5.75 Å². The van der Waals surface area contributed by atoms with Crippen molar-refractivity contribution in [1.29, 1.82) is 0 Å². The number of rotatable bonds is 3. The summed E-state index contributed by atoms with van der Waals surface area (Å²) in [6.07, 6.45) is 0. The molecule has 1 aromatic carbocycles. The zero-order valence-corrected chi connectivity index (χ0v) is 9.60. The second-order valence-corrected chi connectivity index (χ2v) is 3.62. The molecule has 1 heterocycles. The summed E-state index contributed by atoms with van der Waals surface area (Å²) in [6, 6.07) is 6.91. The maximum absolute atomic E-state index is 11.5. The minimum Gasteiger partial charge on any atom is -0.497 e. The molecule has 18 heavy (non-hydrogen) atoms. The van der Waals surface area contributed by atoms with Crippen LogP contribution < -0.4 is 21.8 Å². The molecule has 0 fully saturated rings. The molecule has 2 aromatic rings. The van der Waals surface area contributed by atoms with E-state index >= 15 is 0 Å². The Labute approximate surface area is 101 Å². The summed E-state index contributed by atoms with van der Waals surface area (Å²) in [5.74, 6) is 0.682. The minimum absolute atomic E-state index is 0.0783. The Morgan fingerprint density at radius 2 is 1.61 bits per heavy atom. The minimum atomic E-state index is -0.809. The quantitative estimate of drug-likeness (QED) is 0.750. The Kier molecular flexibility index (Phi) is 3.13. The lowest BCUT2D eigenvalue weighted by Gasteiger charge is -2.04. The first-order valence-electron chi connectivity index (χ1n) is 5.16. The summed E-state index contributed by atoms with van der Waals surface area (Å²) in [5.41, 5.74) is -1.54. The van der Waals surface area contributed by atoms with Crippen LogP contribution in [0.25, 0.3) is 0 Å². The van der Waals surface area contributed by atoms with Crippen LogP contribution in [0.5, 0.6) is 5.75 Å². The number of nitrogens with zero attached hydrogens (tertiary/aromatic N) is 1. The Balaban J connectivity index is 2.37. The summed E-state index contributed by atoms with van der Waals surface area (Å²) >= 11 is 0. The van der Waals surface area contributed by atoms with Crippen molar-refractivity contribution >= 4 is 0 Å². The molecule has 2 N–H and O–H groups in total. The molecule has 0 saturated heterocycles. The van der Waals surface area contributed by atoms with Crippen LogP contribution in [0.4, 0.5) is 0 Å². The molecule has 0 aliphatic heterocycles. The van der Waals surface area contributed by atoms with E-state index in [1.807, 2.05) is 9.97 Å². The molecule has 7 heteroatoms. The van der Waals surface area contributed by atoms with Gasteiger partial charge in [0.25, 0.3) is 0 Å². The first kappa shape index (κ1) is 11.9. The van der Waals surface area contributed by atoms with Gasteiger partial charge in [-0.3, -0.25) is 9.97 Å². The van der Waals surface area contributed by atoms with Crippen LogP contribution in [0, 0.1) is 0 Å². The average Bonchev–Trinajstić information content (AvgIpc) is 2.34. The second-order valence-electron chi connectivity index (χ2n) is 3.62. The highest BCUT2D eigenvalue weighted by molar-refractivity contribution is 5.27. The monoisotopic (exact) mass is 249 g/mol. The maximum atomic E-state index is 11.5. The van der Waals surface area contributed by atoms with Crippen molar-refractivity contribution in [1.82, 2.24) is 14.5 Å². The summed E-state index contributed by atoms with van der Waals surface area (Å²) in [4.78, 5) is 37.7. The van der Waals surface area contributed by atoms with Crippen LogP contribution in [0.2, 0.25) is 0 Å². The summed E-state index contributed by atoms with van der Waals surface area (Å²) in [5, 5.41) is 0. The third-order valence-electron chi connectivity index (χ3n) is 2.43. The molecule has 0 spiro atoms. The molecule has 0 atom stereocenters. The normalized spacial score (nSPS) is 10.3. The molecule has 0 bridgehead atoms. The smallest absolute Gasteiger partial charge is 0.333 e. The highest BCUT2D eigenvalue weighted by Gasteiger charge is 2.03. The van der Waals surface area contributed by atoms with Gasteiger partial charge in [0.15, 0.2) is 0 Å². The van der Waals surface area contributed by atoms with Gasteiger partial charge in [0.1, 0.15) is 5.75 Å². The van der Waals surface area contributed by atoms with Crippen LogP contribution in [-0.2, 0) is 6.54 Å². The molecular weight excluding hydrogens is 238 g/mol. The molecule has 0 unspecified atom stereocenters. The molecule has 0 amide bonds. The van der Waals surface area contributed by atoms with Gasteiger partial charge in [0.2, 0.25) is 0 Å². The molecular formula is C11H11N3O4. The number of aromatic nitrogens is 3. The van der Waals surface area contributed by atoms with E-state index in [0.717, 1.165) is 10.1 Å². The largest absolute Gasteiger partial charge is 0.497 e. The fourth-order valence-corrected chi connectivity index (χ4v) is 1.51. The van der Waals surface area contributed by atoms with E-state index in [1.165, 1.54) is 0 Å². The third kappa shape index (κ3) is 2.40. The van der Waals surface area contributed by atoms with Gasteiger partial charge in [0.05, 0.1) is 13.7 Å². The van der Waals surface area contributed by atoms with E-state index in [0.29, 0.717) is 5.75 Å². The average molecular weight is 249 g/mol. The summed E-state index contributed by atoms with van der Waals surface area (Å²) in [6.45, 7) is 0.0783. The van der Waals surface area contributed by atoms with E-state index in [9.17, 15) is 14.4 Å². The van der Waals surface area contributed by atoms with E-state index in [-0.39, 0.29) is 6.54 Å². The molecule has 94 valence electrons. The molecule has 1 aromatic heterocycles. The van der Waals surface area contributed by atoms with Crippen molar-refractivity contribution in [2.75, 3.05) is 7.11 Å². The van der Waals surface area contributed by atoms with Crippen LogP contribution in [0.3, 0.4) is 0 Å². The van der Waals surface area contributed by atoms with Gasteiger partial charge < -0.3 is 4.74 Å². The predicted octanol–water partition coefficient (Wildman–Crippen LogP) is -0.718. The lowest BCUT2D eigenvalue weighted by atomic mass is 10.2. The number of ether oxygens (including phenoxy) is 1. The molecule has 0 aliphatic rings. The van der Waals surface area contributed by atoms with Crippen molar-refractivity contribution in [3.05, 3.63) is 61.3 Å². The Bertz CT molecular complexity index is 674. The lowest BCUT2D eigenvalue weighted by molar-refractivity contribution is 0.414. The van der Waals surface area contributed by atoms with Crippen molar-refractivity contribution in [2.24, 2.45) is 0 Å². The number of hydrogen-bond acceptors (Lipinski definition) is 4. The molecule has 0 aliphatic carbocycles. The van der Waals surface area contributed by atoms with Crippen LogP contribution in [0.1, 0.15) is 5.56 Å². The van der Waals surface area contributed by atoms with Gasteiger partial charge in [-0.2, -0.15) is 0 Å². The van der Waals surface area contributed by atoms with E-state index in [1.54, 1.807) is 31.4 Å². The SMILES string of the molecule is COc1ccc(Cn2c(=O)[nH]c(=O)[nH]c2=O)cc1. The Morgan fingerprint density at radius 3 is 2.11 bits per heavy atom. The second kappa shape index (κ2) is 4.74. The predicted molar refractivity (Wildman–Crippen MR) is 64.0 cm³/mol. The fourth-order valence-electron chi connectivity index (χ4n) is 1.51. The van der Waals surface area contributed by atoms with E-state index < -0.39 is 17.1 Å². The molecule has 2 rings (SSSR count). The molecule has 0 radical (unpaired) electrons. The number of methoxy groups -OCH3 is 1. The zero-order valence-electron chi connectivity index (χ0n) is 9.60. The van der Waals surface area contributed by atoms with Gasteiger partial charge in [-0.15, -0.1) is 0 Å². The summed E-state index contributed by atoms with van der Waals surface area (Å²) in [7, 11) is 1.55. The first-order chi connectivity index (χ1) is 8.60. The Morgan fingerprint density at radius 1 is 1.06 bits per heavy atom. The van der Waals surface area contributed by atoms with Gasteiger partial charge in [-0.25, -0.2) is 19.0 Å². The summed E-state index contributed by atoms with van der Waals surface area (Å²) < 4.78 is 5.90. The van der Waals surface area contributed by atoms with Crippen molar-refractivity contribution in [3.63, 3.8) is 0 Å². The fraction of sp³-hybridized carbons (Fsp3) is 0.182. The highest BCUT2D eigenvalue weighted by atomic mass is 16.5. The first-order valence-corrected chi connectivity index (χ1v) is 5.16. The van der Waals surface area contributed by atoms with Gasteiger partial charge in [-0.05, 0) is 17.7 Å². The van der Waals surface area contributed by atoms with Crippen molar-refractivity contribution in [2.45, 2.75) is 6.54 Å². The van der Waals surface area contributed by atoms with Gasteiger partial charge >= 0.3 is 17.1 Å². The van der Waals surface area contributed by atoms with Crippen LogP contribution in [0.15, 0.2) is 38.6 Å². The van der Waals surface area contributed by atoms with Gasteiger partial charge in [0, 0.05) is 0 Å². The van der Waals surface area contributed by atoms with Crippen LogP contribution in [-0.4, -0.2) is 21.6 Å². The topological polar surface area (TPSA) is 96.9 Å². The molecule has 0 saturated carbocycles.